The van der Waals surface area contributed by atoms with E-state index in [1.165, 1.54) is 0 Å². The molecular formula is C16H13IN2O. The molecule has 3 nitrogen and oxygen atoms in total. The first-order valence-electron chi connectivity index (χ1n) is 6.16. The summed E-state index contributed by atoms with van der Waals surface area (Å²) in [6, 6.07) is 19.1. The summed E-state index contributed by atoms with van der Waals surface area (Å²) in [5.74, 6) is -0.119. The second-order valence-corrected chi connectivity index (χ2v) is 5.56. The summed E-state index contributed by atoms with van der Waals surface area (Å²) in [6.07, 6.45) is 0. The van der Waals surface area contributed by atoms with Gasteiger partial charge in [0.25, 0.3) is 5.91 Å². The minimum Gasteiger partial charge on any atom is -0.321 e. The quantitative estimate of drug-likeness (QED) is 0.606. The Labute approximate surface area is 132 Å². The van der Waals surface area contributed by atoms with Crippen LogP contribution in [0.5, 0.6) is 0 Å². The highest BCUT2D eigenvalue weighted by Crippen LogP contribution is 2.12. The summed E-state index contributed by atoms with van der Waals surface area (Å²) in [7, 11) is 0. The van der Waals surface area contributed by atoms with E-state index in [2.05, 4.69) is 28.7 Å². The zero-order valence-electron chi connectivity index (χ0n) is 10.8. The number of carbonyl (C=O) groups is 1. The van der Waals surface area contributed by atoms with E-state index in [0.29, 0.717) is 12.1 Å². The van der Waals surface area contributed by atoms with Crippen LogP contribution in [0, 0.1) is 14.9 Å². The third-order valence-electron chi connectivity index (χ3n) is 2.86. The first-order valence-corrected chi connectivity index (χ1v) is 7.24. The normalized spacial score (nSPS) is 9.80. The van der Waals surface area contributed by atoms with Gasteiger partial charge in [0.05, 0.1) is 6.07 Å². The molecule has 1 amide bonds. The number of nitrogens with zero attached hydrogens (tertiary/aromatic N) is 2. The molecular weight excluding hydrogens is 363 g/mol. The van der Waals surface area contributed by atoms with Gasteiger partial charge >= 0.3 is 0 Å². The second kappa shape index (κ2) is 7.06. The first-order chi connectivity index (χ1) is 9.70. The lowest BCUT2D eigenvalue weighted by molar-refractivity contribution is 0.0765. The number of hydrogen-bond donors (Lipinski definition) is 0. The van der Waals surface area contributed by atoms with Crippen LogP contribution in [0.25, 0.3) is 0 Å². The van der Waals surface area contributed by atoms with Crippen molar-refractivity contribution < 1.29 is 4.79 Å². The number of nitriles is 1. The average molecular weight is 376 g/mol. The van der Waals surface area contributed by atoms with Crippen molar-refractivity contribution in [2.75, 3.05) is 6.54 Å². The van der Waals surface area contributed by atoms with E-state index >= 15 is 0 Å². The first kappa shape index (κ1) is 14.5. The van der Waals surface area contributed by atoms with E-state index in [0.717, 1.165) is 9.13 Å². The number of benzene rings is 2. The monoisotopic (exact) mass is 376 g/mol. The predicted molar refractivity (Wildman–Crippen MR) is 86.0 cm³/mol. The van der Waals surface area contributed by atoms with E-state index in [4.69, 9.17) is 5.26 Å². The van der Waals surface area contributed by atoms with Crippen LogP contribution in [0.1, 0.15) is 15.9 Å². The number of amides is 1. The Balaban J connectivity index is 2.18. The zero-order chi connectivity index (χ0) is 14.4. The summed E-state index contributed by atoms with van der Waals surface area (Å²) in [6.45, 7) is 0.527. The van der Waals surface area contributed by atoms with Crippen LogP contribution in [-0.2, 0) is 6.54 Å². The summed E-state index contributed by atoms with van der Waals surface area (Å²) in [5.41, 5.74) is 1.62. The van der Waals surface area contributed by atoms with Crippen LogP contribution >= 0.6 is 22.6 Å². The topological polar surface area (TPSA) is 44.1 Å². The Hall–Kier alpha value is -1.87. The molecule has 0 saturated carbocycles. The molecule has 0 atom stereocenters. The maximum atomic E-state index is 12.4. The van der Waals surface area contributed by atoms with Crippen LogP contribution in [-0.4, -0.2) is 17.4 Å². The van der Waals surface area contributed by atoms with Crippen molar-refractivity contribution in [3.8, 4) is 6.07 Å². The molecule has 0 radical (unpaired) electrons. The maximum absolute atomic E-state index is 12.4. The van der Waals surface area contributed by atoms with Crippen molar-refractivity contribution in [2.24, 2.45) is 0 Å². The van der Waals surface area contributed by atoms with Crippen molar-refractivity contribution in [3.05, 3.63) is 69.3 Å². The van der Waals surface area contributed by atoms with Crippen molar-refractivity contribution in [1.29, 1.82) is 5.26 Å². The molecule has 0 bridgehead atoms. The Morgan fingerprint density at radius 3 is 2.35 bits per heavy atom. The molecule has 4 heteroatoms. The highest BCUT2D eigenvalue weighted by Gasteiger charge is 2.15. The van der Waals surface area contributed by atoms with Crippen molar-refractivity contribution in [3.63, 3.8) is 0 Å². The molecule has 0 heterocycles. The molecule has 2 aromatic carbocycles. The Bertz CT molecular complexity index is 617. The van der Waals surface area contributed by atoms with Crippen molar-refractivity contribution in [2.45, 2.75) is 6.54 Å². The molecule has 20 heavy (non-hydrogen) atoms. The zero-order valence-corrected chi connectivity index (χ0v) is 12.9. The molecule has 0 spiro atoms. The maximum Gasteiger partial charge on any atom is 0.255 e. The van der Waals surface area contributed by atoms with Gasteiger partial charge in [0.2, 0.25) is 0 Å². The lowest BCUT2D eigenvalue weighted by Crippen LogP contribution is -2.30. The van der Waals surface area contributed by atoms with Crippen molar-refractivity contribution in [1.82, 2.24) is 4.90 Å². The molecule has 0 aromatic heterocycles. The fourth-order valence-corrected chi connectivity index (χ4v) is 2.22. The minimum atomic E-state index is -0.119. The van der Waals surface area contributed by atoms with Gasteiger partial charge in [0.1, 0.15) is 6.54 Å². The molecule has 0 aliphatic rings. The Kier molecular flexibility index (Phi) is 5.13. The molecule has 0 aliphatic carbocycles. The summed E-state index contributed by atoms with van der Waals surface area (Å²) in [5, 5.41) is 8.91. The second-order valence-electron chi connectivity index (χ2n) is 4.31. The van der Waals surface area contributed by atoms with Gasteiger partial charge in [-0.05, 0) is 52.4 Å². The third kappa shape index (κ3) is 3.81. The highest BCUT2D eigenvalue weighted by atomic mass is 127. The van der Waals surface area contributed by atoms with Gasteiger partial charge in [-0.15, -0.1) is 0 Å². The Morgan fingerprint density at radius 2 is 1.75 bits per heavy atom. The van der Waals surface area contributed by atoms with Crippen LogP contribution in [0.15, 0.2) is 54.6 Å². The molecule has 0 N–H and O–H groups in total. The summed E-state index contributed by atoms with van der Waals surface area (Å²) in [4.78, 5) is 14.0. The van der Waals surface area contributed by atoms with Gasteiger partial charge in [0.15, 0.2) is 0 Å². The van der Waals surface area contributed by atoms with Gasteiger partial charge in [-0.2, -0.15) is 5.26 Å². The average Bonchev–Trinajstić information content (AvgIpc) is 2.48. The molecule has 0 saturated heterocycles. The largest absolute Gasteiger partial charge is 0.321 e. The number of rotatable bonds is 4. The molecule has 0 unspecified atom stereocenters. The molecule has 100 valence electrons. The van der Waals surface area contributed by atoms with Crippen LogP contribution in [0.2, 0.25) is 0 Å². The predicted octanol–water partition coefficient (Wildman–Crippen LogP) is 3.46. The smallest absolute Gasteiger partial charge is 0.255 e. The molecule has 2 rings (SSSR count). The van der Waals surface area contributed by atoms with Crippen molar-refractivity contribution >= 4 is 28.5 Å². The van der Waals surface area contributed by atoms with Gasteiger partial charge in [-0.1, -0.05) is 30.3 Å². The van der Waals surface area contributed by atoms with E-state index < -0.39 is 0 Å². The van der Waals surface area contributed by atoms with E-state index in [9.17, 15) is 4.79 Å². The lowest BCUT2D eigenvalue weighted by atomic mass is 10.1. The molecule has 0 fully saturated rings. The minimum absolute atomic E-state index is 0.0830. The fraction of sp³-hybridized carbons (Fsp3) is 0.125. The van der Waals surface area contributed by atoms with Gasteiger partial charge < -0.3 is 4.90 Å². The third-order valence-corrected chi connectivity index (χ3v) is 3.58. The van der Waals surface area contributed by atoms with E-state index in [-0.39, 0.29) is 12.5 Å². The van der Waals surface area contributed by atoms with Gasteiger partial charge in [0, 0.05) is 15.7 Å². The summed E-state index contributed by atoms with van der Waals surface area (Å²) < 4.78 is 1.08. The van der Waals surface area contributed by atoms with Crippen LogP contribution in [0.4, 0.5) is 0 Å². The van der Waals surface area contributed by atoms with E-state index in [1.807, 2.05) is 42.5 Å². The standard InChI is InChI=1S/C16H13IN2O/c17-15-8-6-14(7-9-15)16(20)19(11-10-18)12-13-4-2-1-3-5-13/h1-9H,11-12H2. The number of carbonyl (C=O) groups excluding carboxylic acids is 1. The van der Waals surface area contributed by atoms with Gasteiger partial charge in [-0.25, -0.2) is 0 Å². The van der Waals surface area contributed by atoms with E-state index in [1.54, 1.807) is 17.0 Å². The number of hydrogen-bond acceptors (Lipinski definition) is 2. The van der Waals surface area contributed by atoms with Gasteiger partial charge in [-0.3, -0.25) is 4.79 Å². The fourth-order valence-electron chi connectivity index (χ4n) is 1.86. The SMILES string of the molecule is N#CCN(Cc1ccccc1)C(=O)c1ccc(I)cc1. The highest BCUT2D eigenvalue weighted by molar-refractivity contribution is 14.1. The molecule has 2 aromatic rings. The lowest BCUT2D eigenvalue weighted by Gasteiger charge is -2.19. The number of halogens is 1. The van der Waals surface area contributed by atoms with Crippen LogP contribution in [0.3, 0.4) is 0 Å². The summed E-state index contributed by atoms with van der Waals surface area (Å²) >= 11 is 2.20. The van der Waals surface area contributed by atoms with Crippen LogP contribution < -0.4 is 0 Å². The Morgan fingerprint density at radius 1 is 1.10 bits per heavy atom. The molecule has 0 aliphatic heterocycles.